The van der Waals surface area contributed by atoms with E-state index in [0.29, 0.717) is 16.1 Å². The number of halogens is 1. The predicted octanol–water partition coefficient (Wildman–Crippen LogP) is 4.94. The number of nitrogens with zero attached hydrogens (tertiary/aromatic N) is 3. The lowest BCUT2D eigenvalue weighted by molar-refractivity contribution is -0.114. The summed E-state index contributed by atoms with van der Waals surface area (Å²) >= 11 is 6.15. The van der Waals surface area contributed by atoms with Gasteiger partial charge in [-0.3, -0.25) is 14.4 Å². The van der Waals surface area contributed by atoms with Gasteiger partial charge in [-0.15, -0.1) is 10.2 Å². The van der Waals surface area contributed by atoms with E-state index in [1.165, 1.54) is 23.5 Å². The van der Waals surface area contributed by atoms with Gasteiger partial charge in [-0.05, 0) is 43.3 Å². The second kappa shape index (κ2) is 10.1. The molecular weight excluding hydrogens is 520 g/mol. The van der Waals surface area contributed by atoms with Crippen LogP contribution in [0.25, 0.3) is 0 Å². The number of amides is 1. The summed E-state index contributed by atoms with van der Waals surface area (Å²) in [5, 5.41) is 11.3. The summed E-state index contributed by atoms with van der Waals surface area (Å²) in [6, 6.07) is 13.3. The van der Waals surface area contributed by atoms with Crippen LogP contribution in [0.15, 0.2) is 62.2 Å². The molecule has 7 nitrogen and oxygen atoms in total. The lowest BCUT2D eigenvalue weighted by Gasteiger charge is -2.24. The first-order valence-corrected chi connectivity index (χ1v) is 13.2. The highest BCUT2D eigenvalue weighted by Gasteiger charge is 2.27. The van der Waals surface area contributed by atoms with Gasteiger partial charge in [-0.2, -0.15) is 0 Å². The maximum Gasteiger partial charge on any atom is 0.264 e. The molecule has 0 aliphatic carbocycles. The van der Waals surface area contributed by atoms with E-state index in [1.807, 2.05) is 20.8 Å². The van der Waals surface area contributed by atoms with E-state index in [2.05, 4.69) is 31.4 Å². The number of thioether (sulfide) groups is 1. The van der Waals surface area contributed by atoms with E-state index in [-0.39, 0.29) is 4.90 Å². The number of carbonyl (C=O) groups excluding carboxylic acids is 1. The van der Waals surface area contributed by atoms with Crippen molar-refractivity contribution >= 4 is 65.8 Å². The Morgan fingerprint density at radius 2 is 1.77 bits per heavy atom. The highest BCUT2D eigenvalue weighted by atomic mass is 79.9. The van der Waals surface area contributed by atoms with Crippen molar-refractivity contribution in [1.82, 2.24) is 10.2 Å². The van der Waals surface area contributed by atoms with Crippen molar-refractivity contribution in [3.63, 3.8) is 0 Å². The van der Waals surface area contributed by atoms with Crippen LogP contribution in [0.4, 0.5) is 10.8 Å². The average molecular weight is 542 g/mol. The van der Waals surface area contributed by atoms with Crippen molar-refractivity contribution in [3.05, 3.63) is 58.6 Å². The summed E-state index contributed by atoms with van der Waals surface area (Å²) in [7, 11) is -3.96. The normalized spacial score (nSPS) is 11.5. The van der Waals surface area contributed by atoms with Gasteiger partial charge >= 0.3 is 0 Å². The first-order chi connectivity index (χ1) is 14.6. The highest BCUT2D eigenvalue weighted by Crippen LogP contribution is 2.29. The van der Waals surface area contributed by atoms with Gasteiger partial charge in [-0.1, -0.05) is 70.6 Å². The van der Waals surface area contributed by atoms with E-state index >= 15 is 0 Å². The summed E-state index contributed by atoms with van der Waals surface area (Å²) in [4.78, 5) is 12.8. The molecule has 0 atom stereocenters. The largest absolute Gasteiger partial charge is 0.299 e. The Bertz CT molecular complexity index is 1150. The highest BCUT2D eigenvalue weighted by molar-refractivity contribution is 9.10. The van der Waals surface area contributed by atoms with Gasteiger partial charge in [0.15, 0.2) is 4.34 Å². The molecule has 1 amide bonds. The van der Waals surface area contributed by atoms with Crippen molar-refractivity contribution in [2.45, 2.75) is 35.3 Å². The van der Waals surface area contributed by atoms with Crippen LogP contribution in [-0.4, -0.2) is 36.3 Å². The van der Waals surface area contributed by atoms with Crippen molar-refractivity contribution in [2.24, 2.45) is 0 Å². The summed E-state index contributed by atoms with van der Waals surface area (Å²) in [5.41, 5.74) is 1.32. The maximum absolute atomic E-state index is 13.3. The Balaban J connectivity index is 1.86. The molecular formula is C20H21BrN4O3S3. The molecule has 1 heterocycles. The fraction of sp³-hybridized carbons (Fsp3) is 0.250. The Hall–Kier alpha value is -1.95. The number of carbonyl (C=O) groups is 1. The Morgan fingerprint density at radius 3 is 2.39 bits per heavy atom. The number of benzene rings is 2. The van der Waals surface area contributed by atoms with Crippen molar-refractivity contribution in [2.75, 3.05) is 16.2 Å². The van der Waals surface area contributed by atoms with E-state index in [0.717, 1.165) is 18.7 Å². The lowest BCUT2D eigenvalue weighted by Crippen LogP contribution is -2.38. The van der Waals surface area contributed by atoms with Crippen LogP contribution in [0.1, 0.15) is 19.4 Å². The number of hydrogen-bond acceptors (Lipinski definition) is 7. The average Bonchev–Trinajstić information content (AvgIpc) is 3.13. The van der Waals surface area contributed by atoms with E-state index in [4.69, 9.17) is 0 Å². The van der Waals surface area contributed by atoms with Crippen LogP contribution in [-0.2, 0) is 14.8 Å². The summed E-state index contributed by atoms with van der Waals surface area (Å²) in [6.07, 6.45) is 0. The van der Waals surface area contributed by atoms with Crippen LogP contribution >= 0.6 is 39.0 Å². The van der Waals surface area contributed by atoms with Crippen molar-refractivity contribution in [1.29, 1.82) is 0 Å². The molecule has 1 N–H and O–H groups in total. The molecule has 0 unspecified atom stereocenters. The molecule has 0 saturated carbocycles. The number of aryl methyl sites for hydroxylation is 1. The fourth-order valence-electron chi connectivity index (χ4n) is 2.56. The molecule has 3 rings (SSSR count). The van der Waals surface area contributed by atoms with Gasteiger partial charge in [0, 0.05) is 9.72 Å². The number of hydrogen-bond donors (Lipinski definition) is 1. The minimum absolute atomic E-state index is 0.111. The molecule has 31 heavy (non-hydrogen) atoms. The van der Waals surface area contributed by atoms with Crippen molar-refractivity contribution < 1.29 is 13.2 Å². The van der Waals surface area contributed by atoms with E-state index < -0.39 is 22.5 Å². The minimum atomic E-state index is -3.96. The zero-order valence-electron chi connectivity index (χ0n) is 17.1. The van der Waals surface area contributed by atoms with Gasteiger partial charge in [0.05, 0.1) is 10.6 Å². The van der Waals surface area contributed by atoms with Gasteiger partial charge in [-0.25, -0.2) is 8.42 Å². The molecule has 11 heteroatoms. The standard InChI is InChI=1S/C20H21BrN4O3S3/c1-13(2)29-20-24-23-19(30-20)22-18(26)12-25(16-8-6-15(21)7-9-16)31(27,28)17-10-4-14(3)5-11-17/h4-11,13H,12H2,1-3H3,(H,22,23,26). The smallest absolute Gasteiger partial charge is 0.264 e. The monoisotopic (exact) mass is 540 g/mol. The van der Waals surface area contributed by atoms with E-state index in [9.17, 15) is 13.2 Å². The maximum atomic E-state index is 13.3. The summed E-state index contributed by atoms with van der Waals surface area (Å²) in [6.45, 7) is 5.56. The predicted molar refractivity (Wildman–Crippen MR) is 129 cm³/mol. The third-order valence-corrected chi connectivity index (χ3v) is 8.24. The molecule has 164 valence electrons. The number of aromatic nitrogens is 2. The Morgan fingerprint density at radius 1 is 1.13 bits per heavy atom. The molecule has 3 aromatic rings. The lowest BCUT2D eigenvalue weighted by atomic mass is 10.2. The number of anilines is 2. The van der Waals surface area contributed by atoms with Crippen LogP contribution in [0, 0.1) is 6.92 Å². The van der Waals surface area contributed by atoms with E-state index in [1.54, 1.807) is 48.2 Å². The molecule has 0 saturated heterocycles. The SMILES string of the molecule is Cc1ccc(S(=O)(=O)N(CC(=O)Nc2nnc(SC(C)C)s2)c2ccc(Br)cc2)cc1. The minimum Gasteiger partial charge on any atom is -0.299 e. The molecule has 0 aliphatic rings. The van der Waals surface area contributed by atoms with Crippen LogP contribution in [0.5, 0.6) is 0 Å². The first kappa shape index (κ1) is 23.7. The van der Waals surface area contributed by atoms with Gasteiger partial charge in [0.25, 0.3) is 10.0 Å². The molecule has 2 aromatic carbocycles. The zero-order chi connectivity index (χ0) is 22.6. The van der Waals surface area contributed by atoms with Crippen LogP contribution in [0.2, 0.25) is 0 Å². The number of rotatable bonds is 8. The molecule has 0 bridgehead atoms. The van der Waals surface area contributed by atoms with Gasteiger partial charge in [0.2, 0.25) is 11.0 Å². The molecule has 0 fully saturated rings. The topological polar surface area (TPSA) is 92.3 Å². The van der Waals surface area contributed by atoms with Crippen LogP contribution < -0.4 is 9.62 Å². The quantitative estimate of drug-likeness (QED) is 0.321. The number of nitrogens with one attached hydrogen (secondary N) is 1. The Labute approximate surface area is 198 Å². The summed E-state index contributed by atoms with van der Waals surface area (Å²) in [5.74, 6) is -0.504. The second-order valence-corrected chi connectivity index (χ2v) is 12.5. The third-order valence-electron chi connectivity index (χ3n) is 4.00. The second-order valence-electron chi connectivity index (χ2n) is 6.89. The molecule has 0 spiro atoms. The van der Waals surface area contributed by atoms with Gasteiger partial charge in [0.1, 0.15) is 6.54 Å². The van der Waals surface area contributed by atoms with Crippen LogP contribution in [0.3, 0.4) is 0 Å². The fourth-order valence-corrected chi connectivity index (χ4v) is 6.24. The van der Waals surface area contributed by atoms with Gasteiger partial charge < -0.3 is 0 Å². The molecule has 0 radical (unpaired) electrons. The molecule has 0 aliphatic heterocycles. The molecule has 1 aromatic heterocycles. The van der Waals surface area contributed by atoms with Crippen molar-refractivity contribution in [3.8, 4) is 0 Å². The number of sulfonamides is 1. The first-order valence-electron chi connectivity index (χ1n) is 9.30. The Kier molecular flexibility index (Phi) is 7.73. The zero-order valence-corrected chi connectivity index (χ0v) is 21.1. The third kappa shape index (κ3) is 6.28. The summed E-state index contributed by atoms with van der Waals surface area (Å²) < 4.78 is 29.3.